The number of benzene rings is 1. The van der Waals surface area contributed by atoms with Crippen LogP contribution in [-0.4, -0.2) is 45.5 Å². The van der Waals surface area contributed by atoms with E-state index in [0.717, 1.165) is 18.2 Å². The Morgan fingerprint density at radius 1 is 1.43 bits per heavy atom. The van der Waals surface area contributed by atoms with Gasteiger partial charge in [0.25, 0.3) is 15.0 Å². The summed E-state index contributed by atoms with van der Waals surface area (Å²) in [5, 5.41) is 0. The molecule has 0 aromatic heterocycles. The summed E-state index contributed by atoms with van der Waals surface area (Å²) in [4.78, 5) is 13.0. The van der Waals surface area contributed by atoms with Gasteiger partial charge in [0.05, 0.1) is 23.2 Å². The van der Waals surface area contributed by atoms with Gasteiger partial charge in [-0.25, -0.2) is 12.8 Å². The number of amides is 1. The molecule has 1 amide bonds. The average Bonchev–Trinajstić information content (AvgIpc) is 2.36. The van der Waals surface area contributed by atoms with Gasteiger partial charge in [0.2, 0.25) is 0 Å². The Balaban J connectivity index is 2.91. The van der Waals surface area contributed by atoms with E-state index in [4.69, 9.17) is 15.4 Å². The molecule has 0 N–H and O–H groups in total. The molecule has 5 nitrogen and oxygen atoms in total. The second-order valence-electron chi connectivity index (χ2n) is 4.73. The molecule has 0 fully saturated rings. The lowest BCUT2D eigenvalue weighted by Gasteiger charge is -2.18. The Morgan fingerprint density at radius 2 is 2.05 bits per heavy atom. The normalized spacial score (nSPS) is 11.7. The highest BCUT2D eigenvalue weighted by Crippen LogP contribution is 2.19. The summed E-state index contributed by atoms with van der Waals surface area (Å²) in [5.41, 5.74) is -0.344. The fourth-order valence-corrected chi connectivity index (χ4v) is 2.33. The van der Waals surface area contributed by atoms with E-state index in [1.165, 1.54) is 11.9 Å². The van der Waals surface area contributed by atoms with E-state index in [0.29, 0.717) is 6.61 Å². The van der Waals surface area contributed by atoms with Gasteiger partial charge in [0.1, 0.15) is 5.82 Å². The van der Waals surface area contributed by atoms with Crippen molar-refractivity contribution in [3.63, 3.8) is 0 Å². The first-order valence-corrected chi connectivity index (χ1v) is 8.55. The highest BCUT2D eigenvalue weighted by molar-refractivity contribution is 8.13. The van der Waals surface area contributed by atoms with Gasteiger partial charge in [-0.3, -0.25) is 4.79 Å². The van der Waals surface area contributed by atoms with Gasteiger partial charge in [-0.05, 0) is 32.0 Å². The molecule has 21 heavy (non-hydrogen) atoms. The van der Waals surface area contributed by atoms with Crippen molar-refractivity contribution in [2.45, 2.75) is 24.8 Å². The third-order valence-corrected chi connectivity index (χ3v) is 4.03. The van der Waals surface area contributed by atoms with E-state index >= 15 is 0 Å². The molecule has 0 spiro atoms. The van der Waals surface area contributed by atoms with Gasteiger partial charge in [0, 0.05) is 24.3 Å². The Morgan fingerprint density at radius 3 is 2.57 bits per heavy atom. The second kappa shape index (κ2) is 7.20. The number of rotatable bonds is 6. The van der Waals surface area contributed by atoms with E-state index < -0.39 is 20.8 Å². The van der Waals surface area contributed by atoms with Gasteiger partial charge in [-0.1, -0.05) is 0 Å². The zero-order valence-electron chi connectivity index (χ0n) is 12.0. The van der Waals surface area contributed by atoms with E-state index in [2.05, 4.69) is 0 Å². The molecule has 0 atom stereocenters. The fraction of sp³-hybridized carbons (Fsp3) is 0.462. The van der Waals surface area contributed by atoms with Crippen molar-refractivity contribution in [1.82, 2.24) is 4.90 Å². The molecule has 118 valence electrons. The van der Waals surface area contributed by atoms with E-state index in [1.807, 2.05) is 13.8 Å². The minimum absolute atomic E-state index is 0.0231. The Hall–Kier alpha value is -1.18. The molecule has 0 heterocycles. The molecular weight excluding hydrogens is 321 g/mol. The molecule has 0 saturated carbocycles. The number of likely N-dealkylation sites (N-methyl/N-ethyl adjacent to an activating group) is 1. The molecule has 1 rings (SSSR count). The predicted octanol–water partition coefficient (Wildman–Crippen LogP) is 2.25. The maximum absolute atomic E-state index is 13.7. The molecule has 8 heteroatoms. The summed E-state index contributed by atoms with van der Waals surface area (Å²) in [6.45, 7) is 4.27. The van der Waals surface area contributed by atoms with Crippen molar-refractivity contribution in [3.8, 4) is 0 Å². The van der Waals surface area contributed by atoms with Crippen LogP contribution in [0.2, 0.25) is 0 Å². The van der Waals surface area contributed by atoms with Crippen molar-refractivity contribution in [2.75, 3.05) is 20.2 Å². The van der Waals surface area contributed by atoms with Crippen molar-refractivity contribution < 1.29 is 22.3 Å². The molecule has 0 saturated heterocycles. The van der Waals surface area contributed by atoms with Crippen LogP contribution in [0.15, 0.2) is 23.1 Å². The lowest BCUT2D eigenvalue weighted by molar-refractivity contribution is 0.0529. The van der Waals surface area contributed by atoms with E-state index in [9.17, 15) is 17.6 Å². The molecule has 0 aliphatic carbocycles. The minimum atomic E-state index is -4.02. The largest absolute Gasteiger partial charge is 0.377 e. The van der Waals surface area contributed by atoms with Crippen LogP contribution < -0.4 is 0 Å². The molecule has 0 aliphatic rings. The number of carbonyl (C=O) groups is 1. The van der Waals surface area contributed by atoms with Crippen molar-refractivity contribution in [2.24, 2.45) is 0 Å². The van der Waals surface area contributed by atoms with E-state index in [1.54, 1.807) is 0 Å². The first kappa shape index (κ1) is 17.9. The smallest absolute Gasteiger partial charge is 0.261 e. The van der Waals surface area contributed by atoms with Gasteiger partial charge in [-0.2, -0.15) is 0 Å². The number of nitrogens with zero attached hydrogens (tertiary/aromatic N) is 1. The highest BCUT2D eigenvalue weighted by Gasteiger charge is 2.20. The molecular formula is C13H17ClFNO4S. The van der Waals surface area contributed by atoms with Crippen LogP contribution in [0.25, 0.3) is 0 Å². The molecule has 0 bridgehead atoms. The number of hydrogen-bond acceptors (Lipinski definition) is 4. The van der Waals surface area contributed by atoms with Crippen LogP contribution in [0.1, 0.15) is 24.2 Å². The van der Waals surface area contributed by atoms with Gasteiger partial charge in [0.15, 0.2) is 0 Å². The monoisotopic (exact) mass is 337 g/mol. The molecule has 0 aliphatic heterocycles. The molecule has 1 aromatic carbocycles. The molecule has 0 radical (unpaired) electrons. The minimum Gasteiger partial charge on any atom is -0.377 e. The van der Waals surface area contributed by atoms with Crippen molar-refractivity contribution in [1.29, 1.82) is 0 Å². The summed E-state index contributed by atoms with van der Waals surface area (Å²) in [6, 6.07) is 2.84. The summed E-state index contributed by atoms with van der Waals surface area (Å²) >= 11 is 0. The molecule has 1 aromatic rings. The Kier molecular flexibility index (Phi) is 6.12. The summed E-state index contributed by atoms with van der Waals surface area (Å²) < 4.78 is 41.5. The Bertz CT molecular complexity index is 619. The van der Waals surface area contributed by atoms with Crippen LogP contribution in [0.4, 0.5) is 4.39 Å². The van der Waals surface area contributed by atoms with Gasteiger partial charge < -0.3 is 9.64 Å². The van der Waals surface area contributed by atoms with Crippen LogP contribution in [0.3, 0.4) is 0 Å². The SMILES string of the molecule is CC(C)OCCN(C)C(=O)c1cc(S(=O)(=O)Cl)ccc1F. The predicted molar refractivity (Wildman–Crippen MR) is 77.5 cm³/mol. The number of carbonyl (C=O) groups excluding carboxylic acids is 1. The van der Waals surface area contributed by atoms with Gasteiger partial charge in [-0.15, -0.1) is 0 Å². The zero-order chi connectivity index (χ0) is 16.2. The van der Waals surface area contributed by atoms with E-state index in [-0.39, 0.29) is 23.1 Å². The first-order chi connectivity index (χ1) is 9.62. The van der Waals surface area contributed by atoms with Crippen LogP contribution >= 0.6 is 10.7 Å². The van der Waals surface area contributed by atoms with Crippen molar-refractivity contribution >= 4 is 25.6 Å². The van der Waals surface area contributed by atoms with Crippen molar-refractivity contribution in [3.05, 3.63) is 29.6 Å². The van der Waals surface area contributed by atoms with Crippen LogP contribution in [0, 0.1) is 5.82 Å². The maximum Gasteiger partial charge on any atom is 0.261 e. The number of halogens is 2. The Labute approximate surface area is 128 Å². The number of hydrogen-bond donors (Lipinski definition) is 0. The topological polar surface area (TPSA) is 63.7 Å². The maximum atomic E-state index is 13.7. The third-order valence-electron chi connectivity index (χ3n) is 2.67. The standard InChI is InChI=1S/C13H17ClFNO4S/c1-9(2)20-7-6-16(3)13(17)11-8-10(21(14,18)19)4-5-12(11)15/h4-5,8-9H,6-7H2,1-3H3. The lowest BCUT2D eigenvalue weighted by Crippen LogP contribution is -2.31. The molecule has 0 unspecified atom stereocenters. The summed E-state index contributed by atoms with van der Waals surface area (Å²) in [6.07, 6.45) is 0.0231. The van der Waals surface area contributed by atoms with Crippen LogP contribution in [0.5, 0.6) is 0 Å². The zero-order valence-corrected chi connectivity index (χ0v) is 13.5. The third kappa shape index (κ3) is 5.26. The first-order valence-electron chi connectivity index (χ1n) is 6.24. The fourth-order valence-electron chi connectivity index (χ4n) is 1.55. The lowest BCUT2D eigenvalue weighted by atomic mass is 10.2. The van der Waals surface area contributed by atoms with Gasteiger partial charge >= 0.3 is 0 Å². The number of ether oxygens (including phenoxy) is 1. The average molecular weight is 338 g/mol. The second-order valence-corrected chi connectivity index (χ2v) is 7.29. The highest BCUT2D eigenvalue weighted by atomic mass is 35.7. The summed E-state index contributed by atoms with van der Waals surface area (Å²) in [7, 11) is 2.65. The van der Waals surface area contributed by atoms with Crippen LogP contribution in [-0.2, 0) is 13.8 Å². The summed E-state index contributed by atoms with van der Waals surface area (Å²) in [5.74, 6) is -1.44. The quantitative estimate of drug-likeness (QED) is 0.747.